The molecule has 1 nitrogen and oxygen atoms in total. The van der Waals surface area contributed by atoms with E-state index in [4.69, 9.17) is 0 Å². The molecule has 0 bridgehead atoms. The lowest BCUT2D eigenvalue weighted by atomic mass is 9.81. The van der Waals surface area contributed by atoms with Crippen molar-refractivity contribution in [3.8, 4) is 0 Å². The van der Waals surface area contributed by atoms with Crippen molar-refractivity contribution < 1.29 is 0 Å². The fourth-order valence-electron chi connectivity index (χ4n) is 1.56. The molecule has 1 aromatic rings. The SMILES string of the molecule is O=c1cccc(C2CCC2)cc1. The smallest absolute Gasteiger partial charge is 0.178 e. The van der Waals surface area contributed by atoms with Crippen LogP contribution in [0, 0.1) is 0 Å². The number of hydrogen-bond acceptors (Lipinski definition) is 1. The maximum Gasteiger partial charge on any atom is 0.178 e. The molecule has 0 radical (unpaired) electrons. The number of rotatable bonds is 1. The minimum Gasteiger partial charge on any atom is -0.290 e. The maximum absolute atomic E-state index is 11.0. The molecule has 0 saturated heterocycles. The van der Waals surface area contributed by atoms with Gasteiger partial charge in [0, 0.05) is 0 Å². The molecule has 1 aliphatic carbocycles. The van der Waals surface area contributed by atoms with Crippen molar-refractivity contribution in [3.63, 3.8) is 0 Å². The van der Waals surface area contributed by atoms with Gasteiger partial charge in [0.15, 0.2) is 5.43 Å². The second-order valence-corrected chi connectivity index (χ2v) is 3.39. The van der Waals surface area contributed by atoms with Gasteiger partial charge in [0.05, 0.1) is 0 Å². The molecule has 0 atom stereocenters. The lowest BCUT2D eigenvalue weighted by Gasteiger charge is -2.24. The van der Waals surface area contributed by atoms with Gasteiger partial charge in [-0.15, -0.1) is 0 Å². The minimum atomic E-state index is 0.0978. The van der Waals surface area contributed by atoms with E-state index >= 15 is 0 Å². The first-order valence-corrected chi connectivity index (χ1v) is 4.46. The average Bonchev–Trinajstić information content (AvgIpc) is 2.12. The molecule has 2 rings (SSSR count). The van der Waals surface area contributed by atoms with Crippen LogP contribution in [0.2, 0.25) is 0 Å². The van der Waals surface area contributed by atoms with Crippen molar-refractivity contribution in [2.45, 2.75) is 25.2 Å². The summed E-state index contributed by atoms with van der Waals surface area (Å²) in [5, 5.41) is 0. The zero-order valence-corrected chi connectivity index (χ0v) is 6.99. The van der Waals surface area contributed by atoms with Crippen molar-refractivity contribution in [1.82, 2.24) is 0 Å². The molecule has 0 unspecified atom stereocenters. The van der Waals surface area contributed by atoms with Crippen LogP contribution in [-0.4, -0.2) is 0 Å². The topological polar surface area (TPSA) is 17.1 Å². The van der Waals surface area contributed by atoms with E-state index in [0.717, 1.165) is 5.92 Å². The first kappa shape index (κ1) is 7.53. The molecule has 0 N–H and O–H groups in total. The quantitative estimate of drug-likeness (QED) is 0.616. The molecular weight excluding hydrogens is 148 g/mol. The van der Waals surface area contributed by atoms with Gasteiger partial charge >= 0.3 is 0 Å². The Kier molecular flexibility index (Phi) is 1.94. The van der Waals surface area contributed by atoms with Crippen LogP contribution < -0.4 is 5.43 Å². The largest absolute Gasteiger partial charge is 0.290 e. The zero-order valence-electron chi connectivity index (χ0n) is 6.99. The predicted molar refractivity (Wildman–Crippen MR) is 49.3 cm³/mol. The number of hydrogen-bond donors (Lipinski definition) is 0. The second-order valence-electron chi connectivity index (χ2n) is 3.39. The van der Waals surface area contributed by atoms with E-state index in [1.807, 2.05) is 12.1 Å². The molecule has 0 amide bonds. The summed E-state index contributed by atoms with van der Waals surface area (Å²) in [6.07, 6.45) is 3.92. The highest BCUT2D eigenvalue weighted by molar-refractivity contribution is 5.20. The van der Waals surface area contributed by atoms with Crippen LogP contribution in [0.1, 0.15) is 30.7 Å². The highest BCUT2D eigenvalue weighted by atomic mass is 16.1. The average molecular weight is 160 g/mol. The summed E-state index contributed by atoms with van der Waals surface area (Å²) in [7, 11) is 0. The molecular formula is C11H12O. The minimum absolute atomic E-state index is 0.0978. The molecule has 0 heterocycles. The summed E-state index contributed by atoms with van der Waals surface area (Å²) in [6, 6.07) is 9.16. The van der Waals surface area contributed by atoms with Crippen molar-refractivity contribution in [3.05, 3.63) is 46.1 Å². The van der Waals surface area contributed by atoms with Gasteiger partial charge in [-0.05, 0) is 36.5 Å². The lowest BCUT2D eigenvalue weighted by Crippen LogP contribution is -2.07. The van der Waals surface area contributed by atoms with Gasteiger partial charge in [-0.3, -0.25) is 4.79 Å². The molecule has 0 spiro atoms. The first-order valence-electron chi connectivity index (χ1n) is 4.46. The summed E-state index contributed by atoms with van der Waals surface area (Å²) >= 11 is 0. The Bertz CT molecular complexity index is 326. The van der Waals surface area contributed by atoms with Gasteiger partial charge in [-0.2, -0.15) is 0 Å². The summed E-state index contributed by atoms with van der Waals surface area (Å²) in [5.74, 6) is 0.719. The monoisotopic (exact) mass is 160 g/mol. The van der Waals surface area contributed by atoms with Gasteiger partial charge in [-0.25, -0.2) is 0 Å². The van der Waals surface area contributed by atoms with E-state index in [9.17, 15) is 4.79 Å². The van der Waals surface area contributed by atoms with Gasteiger partial charge in [-0.1, -0.05) is 24.6 Å². The third-order valence-electron chi connectivity index (χ3n) is 2.57. The summed E-state index contributed by atoms with van der Waals surface area (Å²) in [4.78, 5) is 11.0. The fraction of sp³-hybridized carbons (Fsp3) is 0.364. The summed E-state index contributed by atoms with van der Waals surface area (Å²) < 4.78 is 0. The molecule has 1 aliphatic rings. The lowest BCUT2D eigenvalue weighted by molar-refractivity contribution is 0.420. The molecule has 1 aromatic carbocycles. The van der Waals surface area contributed by atoms with Crippen LogP contribution in [0.15, 0.2) is 35.1 Å². The van der Waals surface area contributed by atoms with Crippen molar-refractivity contribution in [2.24, 2.45) is 0 Å². The Balaban J connectivity index is 2.33. The fourth-order valence-corrected chi connectivity index (χ4v) is 1.56. The van der Waals surface area contributed by atoms with Gasteiger partial charge < -0.3 is 0 Å². The Morgan fingerprint density at radius 3 is 2.58 bits per heavy atom. The summed E-state index contributed by atoms with van der Waals surface area (Å²) in [5.41, 5.74) is 1.42. The van der Waals surface area contributed by atoms with Crippen molar-refractivity contribution in [1.29, 1.82) is 0 Å². The van der Waals surface area contributed by atoms with Crippen LogP contribution in [0.25, 0.3) is 0 Å². The highest BCUT2D eigenvalue weighted by Gasteiger charge is 2.18. The first-order chi connectivity index (χ1) is 5.86. The van der Waals surface area contributed by atoms with Gasteiger partial charge in [0.1, 0.15) is 0 Å². The Labute approximate surface area is 72.1 Å². The third kappa shape index (κ3) is 1.40. The molecule has 12 heavy (non-hydrogen) atoms. The predicted octanol–water partition coefficient (Wildman–Crippen LogP) is 2.31. The van der Waals surface area contributed by atoms with Gasteiger partial charge in [0.25, 0.3) is 0 Å². The van der Waals surface area contributed by atoms with E-state index in [2.05, 4.69) is 6.07 Å². The standard InChI is InChI=1S/C11H12O/c12-11-6-2-5-10(7-8-11)9-3-1-4-9/h2,5-9H,1,3-4H2. The zero-order chi connectivity index (χ0) is 8.39. The molecule has 0 aromatic heterocycles. The maximum atomic E-state index is 11.0. The van der Waals surface area contributed by atoms with Crippen molar-refractivity contribution in [2.75, 3.05) is 0 Å². The Hall–Kier alpha value is -1.11. The molecule has 1 heteroatoms. The van der Waals surface area contributed by atoms with E-state index < -0.39 is 0 Å². The Morgan fingerprint density at radius 2 is 1.92 bits per heavy atom. The van der Waals surface area contributed by atoms with Crippen LogP contribution in [0.3, 0.4) is 0 Å². The van der Waals surface area contributed by atoms with Crippen molar-refractivity contribution >= 4 is 0 Å². The van der Waals surface area contributed by atoms with Gasteiger partial charge in [0.2, 0.25) is 0 Å². The van der Waals surface area contributed by atoms with Crippen LogP contribution in [0.4, 0.5) is 0 Å². The van der Waals surface area contributed by atoms with E-state index in [1.54, 1.807) is 12.1 Å². The van der Waals surface area contributed by atoms with Crippen LogP contribution >= 0.6 is 0 Å². The van der Waals surface area contributed by atoms with E-state index in [-0.39, 0.29) is 5.43 Å². The van der Waals surface area contributed by atoms with E-state index in [0.29, 0.717) is 0 Å². The third-order valence-corrected chi connectivity index (χ3v) is 2.57. The molecule has 1 saturated carbocycles. The molecule has 1 fully saturated rings. The second kappa shape index (κ2) is 3.10. The normalized spacial score (nSPS) is 17.0. The highest BCUT2D eigenvalue weighted by Crippen LogP contribution is 2.35. The molecule has 62 valence electrons. The Morgan fingerprint density at radius 1 is 1.08 bits per heavy atom. The van der Waals surface area contributed by atoms with Crippen LogP contribution in [0.5, 0.6) is 0 Å². The molecule has 0 aliphatic heterocycles. The summed E-state index contributed by atoms with van der Waals surface area (Å²) in [6.45, 7) is 0. The van der Waals surface area contributed by atoms with E-state index in [1.165, 1.54) is 24.8 Å². The van der Waals surface area contributed by atoms with Crippen LogP contribution in [-0.2, 0) is 0 Å².